The van der Waals surface area contributed by atoms with Crippen molar-refractivity contribution in [1.82, 2.24) is 9.03 Å². The van der Waals surface area contributed by atoms with E-state index in [1.165, 1.54) is 4.31 Å². The third-order valence-electron chi connectivity index (χ3n) is 3.96. The maximum absolute atomic E-state index is 12.4. The lowest BCUT2D eigenvalue weighted by atomic mass is 10.1. The quantitative estimate of drug-likeness (QED) is 0.882. The average molecular weight is 346 g/mol. The van der Waals surface area contributed by atoms with Crippen molar-refractivity contribution < 1.29 is 16.8 Å². The standard InChI is InChI=1S/C14H22N2O4S2/c1-11-6-7-14(9-12(11)2)22(19,20)15-13-5-4-8-16(10-13)21(3,17)18/h6-7,9,13,15H,4-5,8,10H2,1-3H3. The van der Waals surface area contributed by atoms with Crippen molar-refractivity contribution in [2.75, 3.05) is 19.3 Å². The van der Waals surface area contributed by atoms with E-state index in [1.807, 2.05) is 13.8 Å². The second-order valence-corrected chi connectivity index (χ2v) is 9.52. The minimum Gasteiger partial charge on any atom is -0.213 e. The molecule has 0 aromatic heterocycles. The molecule has 1 aliphatic rings. The molecule has 6 nitrogen and oxygen atoms in total. The third-order valence-corrected chi connectivity index (χ3v) is 6.75. The molecule has 0 bridgehead atoms. The van der Waals surface area contributed by atoms with Gasteiger partial charge >= 0.3 is 0 Å². The normalized spacial score (nSPS) is 21.0. The first-order chi connectivity index (χ1) is 10.1. The van der Waals surface area contributed by atoms with E-state index in [0.29, 0.717) is 19.4 Å². The van der Waals surface area contributed by atoms with Gasteiger partial charge in [0.05, 0.1) is 11.2 Å². The summed E-state index contributed by atoms with van der Waals surface area (Å²) in [7, 11) is -6.93. The summed E-state index contributed by atoms with van der Waals surface area (Å²) in [6, 6.07) is 4.58. The summed E-state index contributed by atoms with van der Waals surface area (Å²) in [5.41, 5.74) is 1.93. The van der Waals surface area contributed by atoms with Crippen LogP contribution >= 0.6 is 0 Å². The summed E-state index contributed by atoms with van der Waals surface area (Å²) in [5, 5.41) is 0. The molecular formula is C14H22N2O4S2. The van der Waals surface area contributed by atoms with E-state index in [4.69, 9.17) is 0 Å². The van der Waals surface area contributed by atoms with E-state index >= 15 is 0 Å². The van der Waals surface area contributed by atoms with Crippen molar-refractivity contribution in [3.63, 3.8) is 0 Å². The van der Waals surface area contributed by atoms with Crippen LogP contribution in [0, 0.1) is 13.8 Å². The van der Waals surface area contributed by atoms with Gasteiger partial charge in [-0.25, -0.2) is 25.9 Å². The summed E-state index contributed by atoms with van der Waals surface area (Å²) in [4.78, 5) is 0.215. The van der Waals surface area contributed by atoms with Crippen LogP contribution in [0.15, 0.2) is 23.1 Å². The second kappa shape index (κ2) is 6.27. The van der Waals surface area contributed by atoms with Crippen molar-refractivity contribution in [2.24, 2.45) is 0 Å². The van der Waals surface area contributed by atoms with Gasteiger partial charge in [-0.1, -0.05) is 6.07 Å². The average Bonchev–Trinajstić information content (AvgIpc) is 2.40. The number of aryl methyl sites for hydroxylation is 2. The van der Waals surface area contributed by atoms with Crippen LogP contribution in [0.25, 0.3) is 0 Å². The van der Waals surface area contributed by atoms with Crippen molar-refractivity contribution in [3.8, 4) is 0 Å². The Morgan fingerprint density at radius 2 is 1.82 bits per heavy atom. The Hall–Kier alpha value is -0.960. The van der Waals surface area contributed by atoms with Crippen molar-refractivity contribution in [3.05, 3.63) is 29.3 Å². The van der Waals surface area contributed by atoms with Crippen LogP contribution in [-0.2, 0) is 20.0 Å². The van der Waals surface area contributed by atoms with Gasteiger partial charge in [0.15, 0.2) is 0 Å². The molecule has 0 saturated carbocycles. The van der Waals surface area contributed by atoms with E-state index in [1.54, 1.807) is 18.2 Å². The molecule has 1 aromatic carbocycles. The van der Waals surface area contributed by atoms with Crippen LogP contribution in [0.5, 0.6) is 0 Å². The van der Waals surface area contributed by atoms with Gasteiger partial charge in [-0.05, 0) is 49.9 Å². The highest BCUT2D eigenvalue weighted by atomic mass is 32.2. The van der Waals surface area contributed by atoms with Crippen molar-refractivity contribution in [2.45, 2.75) is 37.6 Å². The maximum Gasteiger partial charge on any atom is 0.240 e. The molecule has 1 aliphatic heterocycles. The number of nitrogens with one attached hydrogen (secondary N) is 1. The SMILES string of the molecule is Cc1ccc(S(=O)(=O)NC2CCCN(S(C)(=O)=O)C2)cc1C. The summed E-state index contributed by atoms with van der Waals surface area (Å²) in [5.74, 6) is 0. The summed E-state index contributed by atoms with van der Waals surface area (Å²) in [6.45, 7) is 4.41. The molecule has 2 rings (SSSR count). The van der Waals surface area contributed by atoms with Crippen LogP contribution in [-0.4, -0.2) is 46.5 Å². The summed E-state index contributed by atoms with van der Waals surface area (Å²) in [6.07, 6.45) is 2.43. The van der Waals surface area contributed by atoms with Gasteiger partial charge in [-0.15, -0.1) is 0 Å². The van der Waals surface area contributed by atoms with Crippen LogP contribution in [0.3, 0.4) is 0 Å². The Morgan fingerprint density at radius 3 is 2.41 bits per heavy atom. The smallest absolute Gasteiger partial charge is 0.213 e. The predicted octanol–water partition coefficient (Wildman–Crippen LogP) is 1.01. The molecule has 8 heteroatoms. The lowest BCUT2D eigenvalue weighted by molar-refractivity contribution is 0.305. The zero-order chi connectivity index (χ0) is 16.5. The molecular weight excluding hydrogens is 324 g/mol. The number of sulfonamides is 2. The van der Waals surface area contributed by atoms with E-state index in [0.717, 1.165) is 17.4 Å². The van der Waals surface area contributed by atoms with Gasteiger partial charge < -0.3 is 0 Å². The summed E-state index contributed by atoms with van der Waals surface area (Å²) >= 11 is 0. The minimum absolute atomic E-state index is 0.183. The van der Waals surface area contributed by atoms with Crippen LogP contribution in [0.4, 0.5) is 0 Å². The lowest BCUT2D eigenvalue weighted by Gasteiger charge is -2.31. The number of hydrogen-bond donors (Lipinski definition) is 1. The number of hydrogen-bond acceptors (Lipinski definition) is 4. The fraction of sp³-hybridized carbons (Fsp3) is 0.571. The first kappa shape index (κ1) is 17.4. The predicted molar refractivity (Wildman–Crippen MR) is 85.7 cm³/mol. The van der Waals surface area contributed by atoms with Crippen molar-refractivity contribution in [1.29, 1.82) is 0 Å². The van der Waals surface area contributed by atoms with Crippen LogP contribution < -0.4 is 4.72 Å². The Bertz CT molecular complexity index is 757. The third kappa shape index (κ3) is 4.07. The van der Waals surface area contributed by atoms with Crippen molar-refractivity contribution >= 4 is 20.0 Å². The Balaban J connectivity index is 2.16. The first-order valence-corrected chi connectivity index (χ1v) is 10.5. The molecule has 124 valence electrons. The molecule has 22 heavy (non-hydrogen) atoms. The second-order valence-electron chi connectivity index (χ2n) is 5.83. The molecule has 1 unspecified atom stereocenters. The fourth-order valence-electron chi connectivity index (χ4n) is 2.51. The molecule has 0 amide bonds. The van der Waals surface area contributed by atoms with E-state index < -0.39 is 26.1 Å². The zero-order valence-corrected chi connectivity index (χ0v) is 14.7. The molecule has 1 saturated heterocycles. The molecule has 1 atom stereocenters. The van der Waals surface area contributed by atoms with Gasteiger partial charge in [0.1, 0.15) is 0 Å². The molecule has 1 heterocycles. The van der Waals surface area contributed by atoms with Gasteiger partial charge in [-0.2, -0.15) is 0 Å². The highest BCUT2D eigenvalue weighted by Crippen LogP contribution is 2.18. The van der Waals surface area contributed by atoms with Gasteiger partial charge in [0.25, 0.3) is 0 Å². The van der Waals surface area contributed by atoms with Crippen LogP contribution in [0.2, 0.25) is 0 Å². The number of benzene rings is 1. The first-order valence-electron chi connectivity index (χ1n) is 7.14. The maximum atomic E-state index is 12.4. The number of rotatable bonds is 4. The molecule has 0 aliphatic carbocycles. The molecule has 0 spiro atoms. The zero-order valence-electron chi connectivity index (χ0n) is 13.0. The Kier molecular flexibility index (Phi) is 4.96. The summed E-state index contributed by atoms with van der Waals surface area (Å²) < 4.78 is 52.0. The Labute approximate surface area is 132 Å². The topological polar surface area (TPSA) is 83.6 Å². The van der Waals surface area contributed by atoms with Gasteiger partial charge in [0, 0.05) is 19.1 Å². The fourth-order valence-corrected chi connectivity index (χ4v) is 4.77. The minimum atomic E-state index is -3.64. The van der Waals surface area contributed by atoms with Gasteiger partial charge in [0.2, 0.25) is 20.0 Å². The number of nitrogens with zero attached hydrogens (tertiary/aromatic N) is 1. The Morgan fingerprint density at radius 1 is 1.14 bits per heavy atom. The van der Waals surface area contributed by atoms with E-state index in [2.05, 4.69) is 4.72 Å². The van der Waals surface area contributed by atoms with Crippen LogP contribution in [0.1, 0.15) is 24.0 Å². The number of piperidine rings is 1. The molecule has 1 aromatic rings. The van der Waals surface area contributed by atoms with Gasteiger partial charge in [-0.3, -0.25) is 0 Å². The highest BCUT2D eigenvalue weighted by molar-refractivity contribution is 7.89. The largest absolute Gasteiger partial charge is 0.240 e. The highest BCUT2D eigenvalue weighted by Gasteiger charge is 2.29. The molecule has 0 radical (unpaired) electrons. The molecule has 1 fully saturated rings. The lowest BCUT2D eigenvalue weighted by Crippen LogP contribution is -2.49. The monoisotopic (exact) mass is 346 g/mol. The van der Waals surface area contributed by atoms with E-state index in [9.17, 15) is 16.8 Å². The molecule has 1 N–H and O–H groups in total. The van der Waals surface area contributed by atoms with E-state index in [-0.39, 0.29) is 11.4 Å².